The van der Waals surface area contributed by atoms with Crippen LogP contribution in [-0.4, -0.2) is 31.7 Å². The number of methoxy groups -OCH3 is 1. The predicted octanol–water partition coefficient (Wildman–Crippen LogP) is 1.50. The molecule has 0 N–H and O–H groups in total. The Labute approximate surface area is 75.2 Å². The molecule has 0 atom stereocenters. The van der Waals surface area contributed by atoms with Gasteiger partial charge in [-0.05, 0) is 6.42 Å². The molecule has 0 heterocycles. The highest BCUT2D eigenvalue weighted by atomic mass is 16.5. The molecule has 0 aromatic carbocycles. The Kier molecular flexibility index (Phi) is 6.18. The molecule has 68 valence electrons. The monoisotopic (exact) mass is 168 g/mol. The summed E-state index contributed by atoms with van der Waals surface area (Å²) in [5, 5.41) is 0. The third-order valence-corrected chi connectivity index (χ3v) is 1.45. The van der Waals surface area contributed by atoms with E-state index in [1.807, 2.05) is 18.7 Å². The van der Waals surface area contributed by atoms with Crippen LogP contribution in [0.1, 0.15) is 26.2 Å². The standard InChI is InChI=1S/C10H18NO/c1-5-6-7-8-9-10(12-4)11(2)3/h5-7H2,1-4H3/q+1. The highest BCUT2D eigenvalue weighted by Crippen LogP contribution is 1.90. The van der Waals surface area contributed by atoms with Crippen molar-refractivity contribution in [1.82, 2.24) is 0 Å². The second-order valence-corrected chi connectivity index (χ2v) is 2.81. The smallest absolute Gasteiger partial charge is 0.417 e. The molecule has 0 radical (unpaired) electrons. The lowest BCUT2D eigenvalue weighted by molar-refractivity contribution is -0.472. The van der Waals surface area contributed by atoms with Gasteiger partial charge in [0, 0.05) is 12.3 Å². The van der Waals surface area contributed by atoms with Gasteiger partial charge < -0.3 is 4.74 Å². The van der Waals surface area contributed by atoms with E-state index in [1.54, 1.807) is 7.11 Å². The second kappa shape index (κ2) is 6.72. The summed E-state index contributed by atoms with van der Waals surface area (Å²) in [4.78, 5) is 0. The molecule has 0 bridgehead atoms. The molecule has 0 aromatic rings. The van der Waals surface area contributed by atoms with Gasteiger partial charge in [-0.3, -0.25) is 0 Å². The second-order valence-electron chi connectivity index (χ2n) is 2.81. The topological polar surface area (TPSA) is 12.2 Å². The van der Waals surface area contributed by atoms with Gasteiger partial charge in [0.2, 0.25) is 0 Å². The zero-order valence-electron chi connectivity index (χ0n) is 8.48. The highest BCUT2D eigenvalue weighted by molar-refractivity contribution is 5.89. The van der Waals surface area contributed by atoms with Gasteiger partial charge in [0.15, 0.2) is 0 Å². The van der Waals surface area contributed by atoms with E-state index in [4.69, 9.17) is 4.74 Å². The van der Waals surface area contributed by atoms with E-state index in [0.717, 1.165) is 18.7 Å². The summed E-state index contributed by atoms with van der Waals surface area (Å²) in [6.45, 7) is 2.16. The van der Waals surface area contributed by atoms with Crippen molar-refractivity contribution in [3.8, 4) is 11.8 Å². The lowest BCUT2D eigenvalue weighted by Gasteiger charge is -1.91. The van der Waals surface area contributed by atoms with Crippen molar-refractivity contribution in [3.63, 3.8) is 0 Å². The van der Waals surface area contributed by atoms with Crippen LogP contribution in [0.15, 0.2) is 0 Å². The first kappa shape index (κ1) is 11.0. The van der Waals surface area contributed by atoms with E-state index in [0.29, 0.717) is 0 Å². The maximum absolute atomic E-state index is 5.06. The maximum Gasteiger partial charge on any atom is 0.417 e. The number of hydrogen-bond acceptors (Lipinski definition) is 1. The summed E-state index contributed by atoms with van der Waals surface area (Å²) in [5.41, 5.74) is 0. The third kappa shape index (κ3) is 4.79. The molecule has 0 aliphatic rings. The summed E-state index contributed by atoms with van der Waals surface area (Å²) in [6.07, 6.45) is 3.31. The van der Waals surface area contributed by atoms with Crippen molar-refractivity contribution in [2.24, 2.45) is 0 Å². The number of hydrogen-bond donors (Lipinski definition) is 0. The lowest BCUT2D eigenvalue weighted by Crippen LogP contribution is -2.12. The number of rotatable bonds is 2. The minimum absolute atomic E-state index is 0.728. The Morgan fingerprint density at radius 3 is 2.50 bits per heavy atom. The number of nitrogens with zero attached hydrogens (tertiary/aromatic N) is 1. The summed E-state index contributed by atoms with van der Waals surface area (Å²) in [7, 11) is 5.49. The molecule has 0 unspecified atom stereocenters. The number of ether oxygens (including phenoxy) is 1. The Bertz CT molecular complexity index is 204. The summed E-state index contributed by atoms with van der Waals surface area (Å²) in [5.74, 6) is 6.77. The minimum Gasteiger partial charge on any atom is -0.441 e. The minimum atomic E-state index is 0.728. The fourth-order valence-electron chi connectivity index (χ4n) is 0.749. The Morgan fingerprint density at radius 1 is 1.42 bits per heavy atom. The first-order chi connectivity index (χ1) is 5.72. The van der Waals surface area contributed by atoms with Crippen molar-refractivity contribution in [2.75, 3.05) is 21.2 Å². The largest absolute Gasteiger partial charge is 0.441 e. The fourth-order valence-corrected chi connectivity index (χ4v) is 0.749. The highest BCUT2D eigenvalue weighted by Gasteiger charge is 1.99. The molecule has 0 aliphatic carbocycles. The lowest BCUT2D eigenvalue weighted by atomic mass is 10.2. The molecule has 2 nitrogen and oxygen atoms in total. The zero-order valence-corrected chi connectivity index (χ0v) is 8.48. The maximum atomic E-state index is 5.06. The molecule has 0 saturated carbocycles. The SMILES string of the molecule is CCCCC#CC(OC)=[N+](C)C. The molecule has 0 fully saturated rings. The van der Waals surface area contributed by atoms with Gasteiger partial charge in [0.05, 0.1) is 7.11 Å². The van der Waals surface area contributed by atoms with Crippen molar-refractivity contribution in [3.05, 3.63) is 0 Å². The predicted molar refractivity (Wildman–Crippen MR) is 51.4 cm³/mol. The van der Waals surface area contributed by atoms with Crippen LogP contribution in [0.2, 0.25) is 0 Å². The molecule has 0 aliphatic heterocycles. The van der Waals surface area contributed by atoms with Gasteiger partial charge in [0.25, 0.3) is 0 Å². The van der Waals surface area contributed by atoms with E-state index in [-0.39, 0.29) is 0 Å². The molecular weight excluding hydrogens is 150 g/mol. The quantitative estimate of drug-likeness (QED) is 0.200. The van der Waals surface area contributed by atoms with Crippen molar-refractivity contribution in [2.45, 2.75) is 26.2 Å². The van der Waals surface area contributed by atoms with Crippen molar-refractivity contribution >= 4 is 5.90 Å². The van der Waals surface area contributed by atoms with Gasteiger partial charge in [-0.15, -0.1) is 0 Å². The van der Waals surface area contributed by atoms with Crippen LogP contribution in [0.25, 0.3) is 0 Å². The van der Waals surface area contributed by atoms with Gasteiger partial charge in [0.1, 0.15) is 14.1 Å². The Hall–Kier alpha value is -0.970. The molecule has 12 heavy (non-hydrogen) atoms. The Balaban J connectivity index is 3.99. The summed E-state index contributed by atoms with van der Waals surface area (Å²) >= 11 is 0. The van der Waals surface area contributed by atoms with Crippen molar-refractivity contribution in [1.29, 1.82) is 0 Å². The molecule has 0 amide bonds. The summed E-state index contributed by atoms with van der Waals surface area (Å²) < 4.78 is 6.93. The Morgan fingerprint density at radius 2 is 2.08 bits per heavy atom. The van der Waals surface area contributed by atoms with Crippen LogP contribution in [-0.2, 0) is 4.74 Å². The van der Waals surface area contributed by atoms with Gasteiger partial charge >= 0.3 is 5.90 Å². The van der Waals surface area contributed by atoms with Crippen LogP contribution in [0.3, 0.4) is 0 Å². The van der Waals surface area contributed by atoms with Crippen LogP contribution in [0.5, 0.6) is 0 Å². The average Bonchev–Trinajstić information content (AvgIpc) is 2.04. The summed E-state index contributed by atoms with van der Waals surface area (Å²) in [6, 6.07) is 0. The van der Waals surface area contributed by atoms with E-state index in [1.165, 1.54) is 6.42 Å². The van der Waals surface area contributed by atoms with E-state index >= 15 is 0 Å². The van der Waals surface area contributed by atoms with Crippen LogP contribution < -0.4 is 0 Å². The molecule has 0 spiro atoms. The molecular formula is C10H18NO+. The average molecular weight is 168 g/mol. The molecule has 0 aromatic heterocycles. The van der Waals surface area contributed by atoms with Crippen LogP contribution >= 0.6 is 0 Å². The molecule has 0 rings (SSSR count). The first-order valence-corrected chi connectivity index (χ1v) is 4.29. The third-order valence-electron chi connectivity index (χ3n) is 1.45. The molecule has 2 heteroatoms. The fraction of sp³-hybridized carbons (Fsp3) is 0.700. The van der Waals surface area contributed by atoms with Crippen LogP contribution in [0.4, 0.5) is 0 Å². The normalized spacial score (nSPS) is 8.33. The van der Waals surface area contributed by atoms with E-state index in [2.05, 4.69) is 18.8 Å². The van der Waals surface area contributed by atoms with E-state index in [9.17, 15) is 0 Å². The number of unbranched alkanes of at least 4 members (excludes halogenated alkanes) is 2. The van der Waals surface area contributed by atoms with Gasteiger partial charge in [-0.1, -0.05) is 19.3 Å². The van der Waals surface area contributed by atoms with Gasteiger partial charge in [-0.25, -0.2) is 0 Å². The zero-order chi connectivity index (χ0) is 9.40. The molecule has 0 saturated heterocycles. The van der Waals surface area contributed by atoms with Gasteiger partial charge in [-0.2, -0.15) is 4.58 Å². The van der Waals surface area contributed by atoms with Crippen LogP contribution in [0, 0.1) is 11.8 Å². The first-order valence-electron chi connectivity index (χ1n) is 4.29. The van der Waals surface area contributed by atoms with Crippen molar-refractivity contribution < 1.29 is 9.31 Å². The van der Waals surface area contributed by atoms with E-state index < -0.39 is 0 Å².